The number of hydrogen-bond acceptors (Lipinski definition) is 3. The highest BCUT2D eigenvalue weighted by Crippen LogP contribution is 2.30. The zero-order valence-electron chi connectivity index (χ0n) is 14.4. The molecule has 1 unspecified atom stereocenters. The Hall–Kier alpha value is -2.46. The summed E-state index contributed by atoms with van der Waals surface area (Å²) in [7, 11) is 0. The summed E-state index contributed by atoms with van der Waals surface area (Å²) in [4.78, 5) is 17.6. The highest BCUT2D eigenvalue weighted by molar-refractivity contribution is 7.08. The highest BCUT2D eigenvalue weighted by atomic mass is 32.1. The molecule has 1 aliphatic carbocycles. The van der Waals surface area contributed by atoms with E-state index < -0.39 is 0 Å². The van der Waals surface area contributed by atoms with Crippen LogP contribution in [0.2, 0.25) is 0 Å². The summed E-state index contributed by atoms with van der Waals surface area (Å²) in [5.41, 5.74) is 6.18. The summed E-state index contributed by atoms with van der Waals surface area (Å²) in [5.74, 6) is 0.381. The van der Waals surface area contributed by atoms with E-state index in [0.29, 0.717) is 6.42 Å². The number of fused-ring (bicyclic) bond motifs is 1. The average molecular weight is 348 g/mol. The van der Waals surface area contributed by atoms with Gasteiger partial charge < -0.3 is 4.40 Å². The number of imidazole rings is 1. The molecule has 0 radical (unpaired) electrons. The Kier molecular flexibility index (Phi) is 4.14. The molecule has 0 N–H and O–H groups in total. The molecule has 4 heteroatoms. The molecule has 3 heterocycles. The van der Waals surface area contributed by atoms with E-state index in [-0.39, 0.29) is 11.7 Å². The van der Waals surface area contributed by atoms with Gasteiger partial charge in [0.15, 0.2) is 5.78 Å². The molecule has 0 amide bonds. The zero-order chi connectivity index (χ0) is 17.4. The van der Waals surface area contributed by atoms with Gasteiger partial charge in [-0.25, -0.2) is 4.98 Å². The Morgan fingerprint density at radius 3 is 2.92 bits per heavy atom. The average Bonchev–Trinajstić information content (AvgIpc) is 3.24. The predicted octanol–water partition coefficient (Wildman–Crippen LogP) is 5.12. The summed E-state index contributed by atoms with van der Waals surface area (Å²) < 4.78 is 2.09. The maximum atomic E-state index is 12.7. The third-order valence-corrected chi connectivity index (χ3v) is 5.39. The molecule has 3 aromatic heterocycles. The van der Waals surface area contributed by atoms with Crippen LogP contribution < -0.4 is 0 Å². The molecule has 0 bridgehead atoms. The topological polar surface area (TPSA) is 34.4 Å². The van der Waals surface area contributed by atoms with Gasteiger partial charge in [0, 0.05) is 23.1 Å². The minimum atomic E-state index is 0.150. The van der Waals surface area contributed by atoms with Crippen LogP contribution in [-0.4, -0.2) is 15.2 Å². The molecule has 0 fully saturated rings. The maximum absolute atomic E-state index is 12.7. The third-order valence-electron chi connectivity index (χ3n) is 4.70. The van der Waals surface area contributed by atoms with Crippen molar-refractivity contribution < 1.29 is 4.79 Å². The monoisotopic (exact) mass is 348 g/mol. The van der Waals surface area contributed by atoms with Gasteiger partial charge in [0.25, 0.3) is 0 Å². The Morgan fingerprint density at radius 1 is 1.32 bits per heavy atom. The van der Waals surface area contributed by atoms with Crippen LogP contribution in [0.15, 0.2) is 59.0 Å². The number of pyridine rings is 1. The lowest BCUT2D eigenvalue weighted by molar-refractivity contribution is 0.0992. The number of aromatic nitrogens is 2. The van der Waals surface area contributed by atoms with E-state index in [9.17, 15) is 4.79 Å². The normalized spacial score (nSPS) is 17.0. The number of allylic oxidation sites excluding steroid dienone is 4. The molecule has 0 aromatic carbocycles. The Morgan fingerprint density at radius 2 is 2.20 bits per heavy atom. The van der Waals surface area contributed by atoms with Gasteiger partial charge in [-0.3, -0.25) is 4.79 Å². The van der Waals surface area contributed by atoms with Crippen LogP contribution in [0.3, 0.4) is 0 Å². The molecule has 25 heavy (non-hydrogen) atoms. The first-order valence-electron chi connectivity index (χ1n) is 8.49. The van der Waals surface area contributed by atoms with Crippen LogP contribution in [0.4, 0.5) is 0 Å². The van der Waals surface area contributed by atoms with Gasteiger partial charge in [-0.2, -0.15) is 11.3 Å². The summed E-state index contributed by atoms with van der Waals surface area (Å²) in [5, 5.41) is 3.87. The Balaban J connectivity index is 1.79. The van der Waals surface area contributed by atoms with Crippen LogP contribution in [0.1, 0.15) is 46.6 Å². The van der Waals surface area contributed by atoms with Gasteiger partial charge in [0.2, 0.25) is 0 Å². The summed E-state index contributed by atoms with van der Waals surface area (Å²) >= 11 is 1.56. The number of carbonyl (C=O) groups is 1. The second kappa shape index (κ2) is 6.45. The van der Waals surface area contributed by atoms with Crippen molar-refractivity contribution in [2.45, 2.75) is 32.6 Å². The molecule has 126 valence electrons. The first kappa shape index (κ1) is 16.0. The number of hydrogen-bond donors (Lipinski definition) is 0. The standard InChI is InChI=1S/C21H20N2OS/c1-14-3-6-16(7-4-14)21-18(11-19(24)17-9-10-25-13-17)23-12-15(2)5-8-20(23)22-21/h3-6,8-10,12-13,16H,7,11H2,1-2H3. The van der Waals surface area contributed by atoms with Gasteiger partial charge >= 0.3 is 0 Å². The quantitative estimate of drug-likeness (QED) is 0.613. The second-order valence-corrected chi connectivity index (χ2v) is 7.42. The van der Waals surface area contributed by atoms with E-state index >= 15 is 0 Å². The van der Waals surface area contributed by atoms with E-state index in [4.69, 9.17) is 4.98 Å². The smallest absolute Gasteiger partial charge is 0.169 e. The number of ketones is 1. The van der Waals surface area contributed by atoms with E-state index in [1.54, 1.807) is 11.3 Å². The fourth-order valence-electron chi connectivity index (χ4n) is 3.30. The summed E-state index contributed by atoms with van der Waals surface area (Å²) in [6.45, 7) is 4.18. The van der Waals surface area contributed by atoms with Crippen LogP contribution in [0.25, 0.3) is 5.65 Å². The molecule has 1 atom stereocenters. The number of aryl methyl sites for hydroxylation is 1. The summed E-state index contributed by atoms with van der Waals surface area (Å²) in [6, 6.07) is 6.00. The van der Waals surface area contributed by atoms with Crippen LogP contribution >= 0.6 is 11.3 Å². The van der Waals surface area contributed by atoms with Crippen LogP contribution in [0.5, 0.6) is 0 Å². The minimum absolute atomic E-state index is 0.150. The van der Waals surface area contributed by atoms with E-state index in [2.05, 4.69) is 48.7 Å². The van der Waals surface area contributed by atoms with Crippen molar-refractivity contribution in [3.05, 3.63) is 81.5 Å². The largest absolute Gasteiger partial charge is 0.303 e. The molecule has 3 nitrogen and oxygen atoms in total. The van der Waals surface area contributed by atoms with Crippen LogP contribution in [-0.2, 0) is 6.42 Å². The van der Waals surface area contributed by atoms with Gasteiger partial charge in [-0.1, -0.05) is 29.9 Å². The van der Waals surface area contributed by atoms with Gasteiger partial charge in [0.05, 0.1) is 17.8 Å². The van der Waals surface area contributed by atoms with Crippen molar-refractivity contribution >= 4 is 22.8 Å². The maximum Gasteiger partial charge on any atom is 0.169 e. The van der Waals surface area contributed by atoms with Crippen molar-refractivity contribution in [3.63, 3.8) is 0 Å². The SMILES string of the molecule is CC1=CCC(c2nc3ccc(C)cn3c2CC(=O)c2ccsc2)C=C1. The molecule has 3 aromatic rings. The van der Waals surface area contributed by atoms with Crippen molar-refractivity contribution in [2.75, 3.05) is 0 Å². The third kappa shape index (κ3) is 3.10. The van der Waals surface area contributed by atoms with Crippen molar-refractivity contribution in [2.24, 2.45) is 0 Å². The molecule has 0 aliphatic heterocycles. The first-order chi connectivity index (χ1) is 12.1. The Bertz CT molecular complexity index is 993. The molecular formula is C21H20N2OS. The predicted molar refractivity (Wildman–Crippen MR) is 103 cm³/mol. The molecule has 0 saturated heterocycles. The first-order valence-corrected chi connectivity index (χ1v) is 9.44. The molecule has 0 saturated carbocycles. The lowest BCUT2D eigenvalue weighted by atomic mass is 9.92. The number of rotatable bonds is 4. The van der Waals surface area contributed by atoms with Crippen LogP contribution in [0, 0.1) is 6.92 Å². The Labute approximate surface area is 151 Å². The molecular weight excluding hydrogens is 328 g/mol. The number of carbonyl (C=O) groups excluding carboxylic acids is 1. The van der Waals surface area contributed by atoms with E-state index in [0.717, 1.165) is 34.6 Å². The number of thiophene rings is 1. The van der Waals surface area contributed by atoms with Crippen molar-refractivity contribution in [3.8, 4) is 0 Å². The fraction of sp³-hybridized carbons (Fsp3) is 0.238. The van der Waals surface area contributed by atoms with Gasteiger partial charge in [-0.15, -0.1) is 0 Å². The van der Waals surface area contributed by atoms with E-state index in [1.165, 1.54) is 5.57 Å². The number of nitrogens with zero attached hydrogens (tertiary/aromatic N) is 2. The lowest BCUT2D eigenvalue weighted by Crippen LogP contribution is -2.09. The fourth-order valence-corrected chi connectivity index (χ4v) is 3.96. The van der Waals surface area contributed by atoms with Gasteiger partial charge in [-0.05, 0) is 43.3 Å². The minimum Gasteiger partial charge on any atom is -0.303 e. The molecule has 4 rings (SSSR count). The summed E-state index contributed by atoms with van der Waals surface area (Å²) in [6.07, 6.45) is 9.99. The second-order valence-electron chi connectivity index (χ2n) is 6.64. The molecule has 1 aliphatic rings. The van der Waals surface area contributed by atoms with E-state index in [1.807, 2.05) is 22.9 Å². The lowest BCUT2D eigenvalue weighted by Gasteiger charge is -2.14. The van der Waals surface area contributed by atoms with Crippen molar-refractivity contribution in [1.29, 1.82) is 0 Å². The zero-order valence-corrected chi connectivity index (χ0v) is 15.2. The number of Topliss-reactive ketones (excluding diaryl/α,β-unsaturated/α-hetero) is 1. The van der Waals surface area contributed by atoms with Crippen molar-refractivity contribution in [1.82, 2.24) is 9.38 Å². The van der Waals surface area contributed by atoms with Gasteiger partial charge in [0.1, 0.15) is 5.65 Å². The highest BCUT2D eigenvalue weighted by Gasteiger charge is 2.22. The molecule has 0 spiro atoms.